The smallest absolute Gasteiger partial charge is 0.0306 e. The molecular formula is C11H16N2. The van der Waals surface area contributed by atoms with Crippen LogP contribution in [0.3, 0.4) is 0 Å². The predicted octanol–water partition coefficient (Wildman–Crippen LogP) is 1.71. The van der Waals surface area contributed by atoms with Crippen LogP contribution in [0, 0.1) is 5.92 Å². The number of aromatic nitrogens is 1. The molecule has 0 amide bonds. The van der Waals surface area contributed by atoms with Crippen molar-refractivity contribution in [2.45, 2.75) is 25.2 Å². The van der Waals surface area contributed by atoms with Crippen LogP contribution >= 0.6 is 0 Å². The van der Waals surface area contributed by atoms with E-state index in [0.29, 0.717) is 0 Å². The zero-order valence-corrected chi connectivity index (χ0v) is 8.03. The second-order valence-corrected chi connectivity index (χ2v) is 4.14. The van der Waals surface area contributed by atoms with Gasteiger partial charge < -0.3 is 5.73 Å². The zero-order valence-electron chi connectivity index (χ0n) is 8.03. The van der Waals surface area contributed by atoms with Gasteiger partial charge in [0.1, 0.15) is 0 Å². The third-order valence-electron chi connectivity index (χ3n) is 3.22. The van der Waals surface area contributed by atoms with Gasteiger partial charge in [0, 0.05) is 24.4 Å². The Morgan fingerprint density at radius 3 is 2.85 bits per heavy atom. The maximum Gasteiger partial charge on any atom is 0.0306 e. The van der Waals surface area contributed by atoms with E-state index >= 15 is 0 Å². The minimum atomic E-state index is 0.161. The fourth-order valence-electron chi connectivity index (χ4n) is 1.94. The van der Waals surface area contributed by atoms with Crippen molar-refractivity contribution in [2.24, 2.45) is 11.7 Å². The Morgan fingerprint density at radius 2 is 2.38 bits per heavy atom. The summed E-state index contributed by atoms with van der Waals surface area (Å²) in [6.07, 6.45) is 6.41. The van der Waals surface area contributed by atoms with E-state index in [1.165, 1.54) is 18.4 Å². The number of rotatable bonds is 3. The quantitative estimate of drug-likeness (QED) is 0.761. The molecule has 70 valence electrons. The molecule has 2 heteroatoms. The number of pyridine rings is 1. The fourth-order valence-corrected chi connectivity index (χ4v) is 1.94. The van der Waals surface area contributed by atoms with Crippen molar-refractivity contribution in [3.8, 4) is 0 Å². The molecule has 0 aliphatic heterocycles. The van der Waals surface area contributed by atoms with Gasteiger partial charge in [-0.15, -0.1) is 0 Å². The summed E-state index contributed by atoms with van der Waals surface area (Å²) >= 11 is 0. The Hall–Kier alpha value is -0.890. The molecule has 1 fully saturated rings. The average molecular weight is 176 g/mol. The van der Waals surface area contributed by atoms with Gasteiger partial charge >= 0.3 is 0 Å². The molecule has 1 aliphatic carbocycles. The fraction of sp³-hybridized carbons (Fsp3) is 0.545. The first-order valence-corrected chi connectivity index (χ1v) is 4.88. The summed E-state index contributed by atoms with van der Waals surface area (Å²) in [5.74, 6) is 0.779. The minimum Gasteiger partial charge on any atom is -0.330 e. The van der Waals surface area contributed by atoms with E-state index in [4.69, 9.17) is 5.73 Å². The van der Waals surface area contributed by atoms with Gasteiger partial charge in [-0.1, -0.05) is 13.0 Å². The molecule has 0 saturated heterocycles. The highest BCUT2D eigenvalue weighted by Gasteiger charge is 2.41. The molecule has 2 nitrogen and oxygen atoms in total. The molecule has 1 aromatic rings. The maximum absolute atomic E-state index is 5.85. The lowest BCUT2D eigenvalue weighted by Gasteiger charge is -2.28. The van der Waals surface area contributed by atoms with E-state index in [0.717, 1.165) is 12.5 Å². The third kappa shape index (κ3) is 1.46. The molecule has 2 rings (SSSR count). The SMILES string of the molecule is CC(CN)(c1cccnc1)C1CC1. The van der Waals surface area contributed by atoms with Crippen molar-refractivity contribution in [3.63, 3.8) is 0 Å². The van der Waals surface area contributed by atoms with Crippen LogP contribution < -0.4 is 5.73 Å². The highest BCUT2D eigenvalue weighted by molar-refractivity contribution is 5.24. The summed E-state index contributed by atoms with van der Waals surface area (Å²) in [6.45, 7) is 2.98. The Balaban J connectivity index is 2.30. The van der Waals surface area contributed by atoms with Crippen molar-refractivity contribution in [2.75, 3.05) is 6.54 Å². The topological polar surface area (TPSA) is 38.9 Å². The van der Waals surface area contributed by atoms with Crippen LogP contribution in [0.15, 0.2) is 24.5 Å². The second-order valence-electron chi connectivity index (χ2n) is 4.14. The van der Waals surface area contributed by atoms with Gasteiger partial charge in [0.2, 0.25) is 0 Å². The Kier molecular flexibility index (Phi) is 2.08. The van der Waals surface area contributed by atoms with Crippen molar-refractivity contribution in [3.05, 3.63) is 30.1 Å². The van der Waals surface area contributed by atoms with Crippen molar-refractivity contribution >= 4 is 0 Å². The molecule has 1 unspecified atom stereocenters. The number of nitrogens with zero attached hydrogens (tertiary/aromatic N) is 1. The second kappa shape index (κ2) is 3.11. The van der Waals surface area contributed by atoms with Crippen molar-refractivity contribution in [1.29, 1.82) is 0 Å². The van der Waals surface area contributed by atoms with E-state index in [1.807, 2.05) is 18.5 Å². The van der Waals surface area contributed by atoms with Crippen LogP contribution in [-0.2, 0) is 5.41 Å². The van der Waals surface area contributed by atoms with Crippen LogP contribution in [0.1, 0.15) is 25.3 Å². The lowest BCUT2D eigenvalue weighted by molar-refractivity contribution is 0.419. The minimum absolute atomic E-state index is 0.161. The summed E-state index contributed by atoms with van der Waals surface area (Å²) in [4.78, 5) is 4.15. The van der Waals surface area contributed by atoms with Crippen LogP contribution in [0.4, 0.5) is 0 Å². The molecule has 0 bridgehead atoms. The number of nitrogens with two attached hydrogens (primary N) is 1. The molecule has 13 heavy (non-hydrogen) atoms. The van der Waals surface area contributed by atoms with Gasteiger partial charge in [0.15, 0.2) is 0 Å². The van der Waals surface area contributed by atoms with Crippen LogP contribution in [-0.4, -0.2) is 11.5 Å². The first kappa shape index (κ1) is 8.70. The van der Waals surface area contributed by atoms with E-state index in [-0.39, 0.29) is 5.41 Å². The Morgan fingerprint density at radius 1 is 1.62 bits per heavy atom. The van der Waals surface area contributed by atoms with Gasteiger partial charge in [-0.05, 0) is 30.4 Å². The molecule has 0 radical (unpaired) electrons. The molecule has 2 N–H and O–H groups in total. The van der Waals surface area contributed by atoms with E-state index in [2.05, 4.69) is 18.0 Å². The summed E-state index contributed by atoms with van der Waals surface area (Å²) in [6, 6.07) is 4.13. The van der Waals surface area contributed by atoms with Crippen LogP contribution in [0.5, 0.6) is 0 Å². The normalized spacial score (nSPS) is 21.1. The van der Waals surface area contributed by atoms with Gasteiger partial charge in [0.05, 0.1) is 0 Å². The van der Waals surface area contributed by atoms with E-state index in [1.54, 1.807) is 0 Å². The lowest BCUT2D eigenvalue weighted by atomic mass is 9.79. The zero-order chi connectivity index (χ0) is 9.31. The van der Waals surface area contributed by atoms with Crippen molar-refractivity contribution < 1.29 is 0 Å². The largest absolute Gasteiger partial charge is 0.330 e. The van der Waals surface area contributed by atoms with Crippen molar-refractivity contribution in [1.82, 2.24) is 4.98 Å². The molecule has 0 aromatic carbocycles. The first-order valence-electron chi connectivity index (χ1n) is 4.88. The third-order valence-corrected chi connectivity index (χ3v) is 3.22. The number of hydrogen-bond acceptors (Lipinski definition) is 2. The summed E-state index contributed by atoms with van der Waals surface area (Å²) in [5, 5.41) is 0. The molecule has 1 saturated carbocycles. The molecule has 0 spiro atoms. The van der Waals surface area contributed by atoms with Gasteiger partial charge in [-0.2, -0.15) is 0 Å². The maximum atomic E-state index is 5.85. The molecular weight excluding hydrogens is 160 g/mol. The highest BCUT2D eigenvalue weighted by atomic mass is 14.7. The standard InChI is InChI=1S/C11H16N2/c1-11(8-12,9-4-5-9)10-3-2-6-13-7-10/h2-3,6-7,9H,4-5,8,12H2,1H3. The Labute approximate surface area is 79.2 Å². The first-order chi connectivity index (χ1) is 6.27. The highest BCUT2D eigenvalue weighted by Crippen LogP contribution is 2.46. The molecule has 1 aromatic heterocycles. The van der Waals surface area contributed by atoms with Gasteiger partial charge in [0.25, 0.3) is 0 Å². The lowest BCUT2D eigenvalue weighted by Crippen LogP contribution is -2.34. The monoisotopic (exact) mass is 176 g/mol. The average Bonchev–Trinajstić information content (AvgIpc) is 3.02. The van der Waals surface area contributed by atoms with Gasteiger partial charge in [-0.3, -0.25) is 4.98 Å². The van der Waals surface area contributed by atoms with Gasteiger partial charge in [-0.25, -0.2) is 0 Å². The van der Waals surface area contributed by atoms with E-state index < -0.39 is 0 Å². The van der Waals surface area contributed by atoms with Crippen LogP contribution in [0.2, 0.25) is 0 Å². The molecule has 1 atom stereocenters. The van der Waals surface area contributed by atoms with Crippen LogP contribution in [0.25, 0.3) is 0 Å². The summed E-state index contributed by atoms with van der Waals surface area (Å²) < 4.78 is 0. The van der Waals surface area contributed by atoms with E-state index in [9.17, 15) is 0 Å². The summed E-state index contributed by atoms with van der Waals surface area (Å²) in [5.41, 5.74) is 7.30. The Bertz CT molecular complexity index is 279. The molecule has 1 heterocycles. The number of hydrogen-bond donors (Lipinski definition) is 1. The molecule has 1 aliphatic rings. The summed E-state index contributed by atoms with van der Waals surface area (Å²) in [7, 11) is 0. The predicted molar refractivity (Wildman–Crippen MR) is 53.4 cm³/mol.